The number of amides is 2. The van der Waals surface area contributed by atoms with Gasteiger partial charge in [0.2, 0.25) is 15.9 Å². The van der Waals surface area contributed by atoms with Gasteiger partial charge in [0.25, 0.3) is 0 Å². The van der Waals surface area contributed by atoms with E-state index in [-0.39, 0.29) is 23.2 Å². The summed E-state index contributed by atoms with van der Waals surface area (Å²) in [6.07, 6.45) is 6.31. The normalized spacial score (nSPS) is 19.4. The number of carbonyl (C=O) groups is 2. The van der Waals surface area contributed by atoms with Crippen molar-refractivity contribution in [2.75, 3.05) is 41.7 Å². The van der Waals surface area contributed by atoms with Crippen LogP contribution in [0.5, 0.6) is 0 Å². The zero-order chi connectivity index (χ0) is 32.1. The summed E-state index contributed by atoms with van der Waals surface area (Å²) < 4.78 is 50.1. The van der Waals surface area contributed by atoms with Crippen LogP contribution >= 0.6 is 0 Å². The Morgan fingerprint density at radius 2 is 1.84 bits per heavy atom. The zero-order valence-corrected chi connectivity index (χ0v) is 26.9. The summed E-state index contributed by atoms with van der Waals surface area (Å²) in [4.78, 5) is 40.0. The van der Waals surface area contributed by atoms with Crippen LogP contribution in [-0.4, -0.2) is 79.4 Å². The molecule has 2 saturated carbocycles. The molecule has 0 unspecified atom stereocenters. The molecule has 238 valence electrons. The number of hydrogen-bond acceptors (Lipinski definition) is 8. The number of carbonyl (C=O) groups excluding carboxylic acids is 2. The Kier molecular flexibility index (Phi) is 6.60. The van der Waals surface area contributed by atoms with Crippen molar-refractivity contribution in [1.82, 2.24) is 14.9 Å². The van der Waals surface area contributed by atoms with Crippen molar-refractivity contribution in [3.05, 3.63) is 42.0 Å². The van der Waals surface area contributed by atoms with Gasteiger partial charge in [-0.15, -0.1) is 0 Å². The second kappa shape index (κ2) is 10.0. The number of rotatable bonds is 6. The highest BCUT2D eigenvalue weighted by Gasteiger charge is 2.54. The molecule has 2 amide bonds. The van der Waals surface area contributed by atoms with Crippen molar-refractivity contribution >= 4 is 50.1 Å². The molecule has 3 fully saturated rings. The number of nitrogens with zero attached hydrogens (tertiary/aromatic N) is 5. The fraction of sp³-hybridized carbons (Fsp3) is 0.500. The van der Waals surface area contributed by atoms with Crippen molar-refractivity contribution in [2.45, 2.75) is 75.2 Å². The van der Waals surface area contributed by atoms with Gasteiger partial charge >= 0.3 is 6.09 Å². The zero-order valence-electron chi connectivity index (χ0n) is 26.1. The van der Waals surface area contributed by atoms with E-state index in [1.165, 1.54) is 17.2 Å². The Morgan fingerprint density at radius 1 is 1.13 bits per heavy atom. The first kappa shape index (κ1) is 29.7. The number of ether oxygens (including phenoxy) is 1. The Hall–Kier alpha value is -4.00. The van der Waals surface area contributed by atoms with Crippen molar-refractivity contribution in [1.29, 1.82) is 0 Å². The molecule has 0 atom stereocenters. The minimum atomic E-state index is -3.67. The Morgan fingerprint density at radius 3 is 2.47 bits per heavy atom. The summed E-state index contributed by atoms with van der Waals surface area (Å²) in [5.74, 6) is -0.0815. The van der Waals surface area contributed by atoms with E-state index in [9.17, 15) is 18.0 Å². The van der Waals surface area contributed by atoms with Crippen LogP contribution in [0.3, 0.4) is 0 Å². The molecule has 1 aromatic carbocycles. The van der Waals surface area contributed by atoms with Gasteiger partial charge in [-0.25, -0.2) is 22.6 Å². The first-order valence-electron chi connectivity index (χ1n) is 15.3. The maximum atomic E-state index is 15.7. The molecule has 11 nitrogen and oxygen atoms in total. The van der Waals surface area contributed by atoms with Gasteiger partial charge in [-0.2, -0.15) is 0 Å². The van der Waals surface area contributed by atoms with Gasteiger partial charge in [-0.05, 0) is 58.6 Å². The molecule has 2 aliphatic heterocycles. The monoisotopic (exact) mass is 636 g/mol. The largest absolute Gasteiger partial charge is 0.444 e. The van der Waals surface area contributed by atoms with E-state index in [0.717, 1.165) is 30.5 Å². The first-order valence-corrected chi connectivity index (χ1v) is 16.9. The number of nitrogens with one attached hydrogen (secondary N) is 1. The number of fused-ring (bicyclic) bond motifs is 4. The van der Waals surface area contributed by atoms with Crippen LogP contribution in [-0.2, 0) is 25.0 Å². The summed E-state index contributed by atoms with van der Waals surface area (Å²) in [7, 11) is -0.241. The predicted octanol–water partition coefficient (Wildman–Crippen LogP) is 4.79. The molecule has 3 aromatic rings. The van der Waals surface area contributed by atoms with Crippen LogP contribution in [0.1, 0.15) is 58.4 Å². The lowest BCUT2D eigenvalue weighted by atomic mass is 9.64. The van der Waals surface area contributed by atoms with E-state index < -0.39 is 38.2 Å². The van der Waals surface area contributed by atoms with Gasteiger partial charge in [-0.1, -0.05) is 6.42 Å². The highest BCUT2D eigenvalue weighted by Crippen LogP contribution is 2.55. The molecule has 7 rings (SSSR count). The molecule has 0 bridgehead atoms. The van der Waals surface area contributed by atoms with E-state index in [1.54, 1.807) is 58.1 Å². The fourth-order valence-corrected chi connectivity index (χ4v) is 8.00. The molecule has 4 heterocycles. The Balaban J connectivity index is 1.25. The summed E-state index contributed by atoms with van der Waals surface area (Å²) >= 11 is 0. The number of pyridine rings is 2. The van der Waals surface area contributed by atoms with Crippen molar-refractivity contribution in [3.63, 3.8) is 0 Å². The predicted molar refractivity (Wildman–Crippen MR) is 169 cm³/mol. The van der Waals surface area contributed by atoms with Gasteiger partial charge < -0.3 is 19.4 Å². The third-order valence-electron chi connectivity index (χ3n) is 9.48. The number of sulfonamides is 1. The first-order chi connectivity index (χ1) is 21.2. The fourth-order valence-electron chi connectivity index (χ4n) is 6.62. The number of halogens is 1. The summed E-state index contributed by atoms with van der Waals surface area (Å²) in [5.41, 5.74) is 1.72. The third kappa shape index (κ3) is 4.86. The van der Waals surface area contributed by atoms with Crippen LogP contribution in [0.25, 0.3) is 22.0 Å². The van der Waals surface area contributed by atoms with E-state index in [1.807, 2.05) is 4.90 Å². The molecule has 4 aliphatic rings. The maximum Gasteiger partial charge on any atom is 0.410 e. The minimum Gasteiger partial charge on any atom is -0.444 e. The summed E-state index contributed by atoms with van der Waals surface area (Å²) in [6, 6.07) is 4.55. The van der Waals surface area contributed by atoms with Crippen LogP contribution in [0.15, 0.2) is 30.6 Å². The lowest BCUT2D eigenvalue weighted by molar-refractivity contribution is -0.125. The average Bonchev–Trinajstić information content (AvgIpc) is 3.74. The molecule has 1 N–H and O–H groups in total. The van der Waals surface area contributed by atoms with Crippen LogP contribution in [0, 0.1) is 5.82 Å². The van der Waals surface area contributed by atoms with Gasteiger partial charge in [0.05, 0.1) is 39.8 Å². The molecular weight excluding hydrogens is 599 g/mol. The van der Waals surface area contributed by atoms with Crippen molar-refractivity contribution in [2.24, 2.45) is 0 Å². The molecule has 1 spiro atoms. The van der Waals surface area contributed by atoms with E-state index in [2.05, 4.69) is 14.7 Å². The summed E-state index contributed by atoms with van der Waals surface area (Å²) in [6.45, 7) is 6.27. The quantitative estimate of drug-likeness (QED) is 0.410. The molecule has 2 aromatic heterocycles. The molecule has 0 radical (unpaired) electrons. The molecule has 13 heteroatoms. The lowest BCUT2D eigenvalue weighted by Crippen LogP contribution is -2.60. The molecular formula is C32H37FN6O5S. The second-order valence-corrected chi connectivity index (χ2v) is 15.7. The highest BCUT2D eigenvalue weighted by molar-refractivity contribution is 7.93. The van der Waals surface area contributed by atoms with Gasteiger partial charge in [-0.3, -0.25) is 14.5 Å². The van der Waals surface area contributed by atoms with Crippen LogP contribution in [0.2, 0.25) is 0 Å². The lowest BCUT2D eigenvalue weighted by Gasteiger charge is -2.45. The van der Waals surface area contributed by atoms with Gasteiger partial charge in [0.1, 0.15) is 11.4 Å². The molecule has 45 heavy (non-hydrogen) atoms. The standard InChI is InChI=1S/C32H37FN6O5S/c1-31(2,3)44-30(41)37(4)19-16-39(17-19)28-25(36-45(42,43)20-7-8-20)11-18(14-35-28)21-12-22-24(13-23(21)33)34-15-26-27(22)32(9-6-10-32)29(40)38(26)5/h11-15,19-20,36H,6-10,16-17H2,1-5H3. The highest BCUT2D eigenvalue weighted by atomic mass is 32.2. The molecule has 2 aliphatic carbocycles. The smallest absolute Gasteiger partial charge is 0.410 e. The average molecular weight is 637 g/mol. The Labute approximate surface area is 261 Å². The number of benzene rings is 1. The SMILES string of the molecule is CN1C(=O)C2(CCC2)c2c1cnc1cc(F)c(-c3cnc(N4CC(N(C)C(=O)OC(C)(C)C)C4)c(NS(=O)(=O)C4CC4)c3)cc21. The number of aromatic nitrogens is 2. The topological polar surface area (TPSA) is 125 Å². The number of likely N-dealkylation sites (N-methyl/N-ethyl adjacent to an activating group) is 2. The number of anilines is 3. The van der Waals surface area contributed by atoms with Gasteiger partial charge in [0.15, 0.2) is 5.82 Å². The van der Waals surface area contributed by atoms with Gasteiger partial charge in [0, 0.05) is 61.5 Å². The Bertz CT molecular complexity index is 1860. The molecule has 1 saturated heterocycles. The van der Waals surface area contributed by atoms with Crippen LogP contribution < -0.4 is 14.5 Å². The van der Waals surface area contributed by atoms with Crippen molar-refractivity contribution < 1.29 is 27.1 Å². The second-order valence-electron chi connectivity index (χ2n) is 13.8. The third-order valence-corrected chi connectivity index (χ3v) is 11.3. The minimum absolute atomic E-state index is 0.0388. The summed E-state index contributed by atoms with van der Waals surface area (Å²) in [5, 5.41) is 0.233. The number of hydrogen-bond donors (Lipinski definition) is 1. The van der Waals surface area contributed by atoms with E-state index >= 15 is 4.39 Å². The van der Waals surface area contributed by atoms with Crippen molar-refractivity contribution in [3.8, 4) is 11.1 Å². The van der Waals surface area contributed by atoms with Crippen LogP contribution in [0.4, 0.5) is 26.4 Å². The van der Waals surface area contributed by atoms with E-state index in [4.69, 9.17) is 4.74 Å². The van der Waals surface area contributed by atoms with E-state index in [0.29, 0.717) is 48.2 Å². The maximum absolute atomic E-state index is 15.7.